The van der Waals surface area contributed by atoms with E-state index in [1.807, 2.05) is 5.92 Å². The van der Waals surface area contributed by atoms with Crippen LogP contribution in [0.25, 0.3) is 0 Å². The summed E-state index contributed by atoms with van der Waals surface area (Å²) in [5, 5.41) is 8.54. The number of rotatable bonds is 2. The zero-order chi connectivity index (χ0) is 6.57. The predicted molar refractivity (Wildman–Crippen MR) is 30.1 cm³/mol. The Hall–Kier alpha value is -0.810. The summed E-state index contributed by atoms with van der Waals surface area (Å²) in [4.78, 5) is 10.4. The quantitative estimate of drug-likeness (QED) is 0.509. The molecule has 0 saturated carbocycles. The first kappa shape index (κ1) is 7.19. The Morgan fingerprint density at radius 1 is 2.00 bits per heavy atom. The maximum Gasteiger partial charge on any atom is 0.173 e. The number of carbonyl (C=O) groups is 1. The molecule has 44 valence electrons. The molecule has 2 heteroatoms. The number of hydrogen-bond acceptors (Lipinski definition) is 2. The van der Waals surface area contributed by atoms with E-state index >= 15 is 0 Å². The molecule has 2 nitrogen and oxygen atoms in total. The maximum absolute atomic E-state index is 10.4. The molecule has 0 fully saturated rings. The van der Waals surface area contributed by atoms with Gasteiger partial charge in [-0.05, 0) is 0 Å². The number of ketones is 1. The van der Waals surface area contributed by atoms with Crippen LogP contribution in [0.2, 0.25) is 0 Å². The van der Waals surface area contributed by atoms with Gasteiger partial charge in [-0.15, -0.1) is 6.42 Å². The van der Waals surface area contributed by atoms with Crippen LogP contribution in [0.1, 0.15) is 13.3 Å². The van der Waals surface area contributed by atoms with Gasteiger partial charge < -0.3 is 5.11 Å². The average Bonchev–Trinajstić information content (AvgIpc) is 1.84. The molecule has 0 spiro atoms. The van der Waals surface area contributed by atoms with Crippen LogP contribution >= 0.6 is 0 Å². The van der Waals surface area contributed by atoms with Crippen molar-refractivity contribution >= 4 is 5.78 Å². The van der Waals surface area contributed by atoms with E-state index < -0.39 is 6.10 Å². The van der Waals surface area contributed by atoms with Gasteiger partial charge >= 0.3 is 0 Å². The zero-order valence-corrected chi connectivity index (χ0v) is 4.72. The first-order chi connectivity index (χ1) is 3.72. The third-order valence-corrected chi connectivity index (χ3v) is 0.811. The van der Waals surface area contributed by atoms with E-state index in [1.54, 1.807) is 6.92 Å². The predicted octanol–water partition coefficient (Wildman–Crippen LogP) is -0.0404. The summed E-state index contributed by atoms with van der Waals surface area (Å²) in [5.41, 5.74) is 0. The number of terminal acetylenes is 1. The van der Waals surface area contributed by atoms with Gasteiger partial charge in [0, 0.05) is 6.42 Å². The van der Waals surface area contributed by atoms with E-state index in [-0.39, 0.29) is 5.78 Å². The minimum atomic E-state index is -1.19. The van der Waals surface area contributed by atoms with E-state index in [9.17, 15) is 4.79 Å². The van der Waals surface area contributed by atoms with Gasteiger partial charge in [0.05, 0.1) is 0 Å². The SMILES string of the molecule is C#CC(O)C(=O)CC. The third-order valence-electron chi connectivity index (χ3n) is 0.811. The smallest absolute Gasteiger partial charge is 0.173 e. The lowest BCUT2D eigenvalue weighted by Gasteiger charge is -1.95. The Bertz CT molecular complexity index is 121. The molecule has 0 aliphatic rings. The summed E-state index contributed by atoms with van der Waals surface area (Å²) in [6, 6.07) is 0. The fourth-order valence-electron chi connectivity index (χ4n) is 0.286. The van der Waals surface area contributed by atoms with Crippen LogP contribution in [0.3, 0.4) is 0 Å². The molecule has 0 amide bonds. The normalized spacial score (nSPS) is 12.1. The van der Waals surface area contributed by atoms with Crippen LogP contribution in [0.4, 0.5) is 0 Å². The first-order valence-corrected chi connectivity index (χ1v) is 2.39. The molecule has 0 saturated heterocycles. The number of hydrogen-bond donors (Lipinski definition) is 1. The van der Waals surface area contributed by atoms with Gasteiger partial charge in [-0.2, -0.15) is 0 Å². The monoisotopic (exact) mass is 112 g/mol. The van der Waals surface area contributed by atoms with Crippen LogP contribution in [0.15, 0.2) is 0 Å². The molecule has 0 aromatic heterocycles. The van der Waals surface area contributed by atoms with Gasteiger partial charge in [-0.1, -0.05) is 12.8 Å². The van der Waals surface area contributed by atoms with Crippen molar-refractivity contribution in [3.8, 4) is 12.3 Å². The zero-order valence-electron chi connectivity index (χ0n) is 4.72. The summed E-state index contributed by atoms with van der Waals surface area (Å²) >= 11 is 0. The minimum absolute atomic E-state index is 0.297. The first-order valence-electron chi connectivity index (χ1n) is 2.39. The Morgan fingerprint density at radius 2 is 2.50 bits per heavy atom. The summed E-state index contributed by atoms with van der Waals surface area (Å²) in [6.07, 6.45) is 3.83. The van der Waals surface area contributed by atoms with E-state index in [1.165, 1.54) is 0 Å². The summed E-state index contributed by atoms with van der Waals surface area (Å²) < 4.78 is 0. The van der Waals surface area contributed by atoms with Crippen LogP contribution in [0, 0.1) is 12.3 Å². The molecule has 0 radical (unpaired) electrons. The van der Waals surface area contributed by atoms with Gasteiger partial charge in [-0.3, -0.25) is 4.79 Å². The van der Waals surface area contributed by atoms with Crippen LogP contribution in [-0.2, 0) is 4.79 Å². The molecule has 0 bridgehead atoms. The van der Waals surface area contributed by atoms with Crippen LogP contribution < -0.4 is 0 Å². The molecule has 0 heterocycles. The van der Waals surface area contributed by atoms with Crippen molar-refractivity contribution in [3.63, 3.8) is 0 Å². The summed E-state index contributed by atoms with van der Waals surface area (Å²) in [5.74, 6) is 1.62. The second-order valence-corrected chi connectivity index (χ2v) is 1.39. The number of aliphatic hydroxyl groups excluding tert-OH is 1. The van der Waals surface area contributed by atoms with Crippen molar-refractivity contribution in [1.82, 2.24) is 0 Å². The van der Waals surface area contributed by atoms with Crippen molar-refractivity contribution in [3.05, 3.63) is 0 Å². The Balaban J connectivity index is 3.68. The van der Waals surface area contributed by atoms with E-state index in [0.717, 1.165) is 0 Å². The van der Waals surface area contributed by atoms with Gasteiger partial charge in [-0.25, -0.2) is 0 Å². The highest BCUT2D eigenvalue weighted by molar-refractivity contribution is 5.85. The van der Waals surface area contributed by atoms with Gasteiger partial charge in [0.1, 0.15) is 0 Å². The van der Waals surface area contributed by atoms with E-state index in [4.69, 9.17) is 11.5 Å². The lowest BCUT2D eigenvalue weighted by Crippen LogP contribution is -2.15. The second-order valence-electron chi connectivity index (χ2n) is 1.39. The molecule has 0 aromatic carbocycles. The number of Topliss-reactive ketones (excluding diaryl/α,β-unsaturated/α-hetero) is 1. The number of aliphatic hydroxyl groups is 1. The lowest BCUT2D eigenvalue weighted by molar-refractivity contribution is -0.124. The molecule has 0 aliphatic heterocycles. The number of carbonyl (C=O) groups excluding carboxylic acids is 1. The molecule has 0 aromatic rings. The van der Waals surface area contributed by atoms with Crippen LogP contribution in [-0.4, -0.2) is 17.0 Å². The van der Waals surface area contributed by atoms with Gasteiger partial charge in [0.25, 0.3) is 0 Å². The van der Waals surface area contributed by atoms with Crippen molar-refractivity contribution < 1.29 is 9.90 Å². The van der Waals surface area contributed by atoms with Crippen molar-refractivity contribution in [2.24, 2.45) is 0 Å². The summed E-state index contributed by atoms with van der Waals surface area (Å²) in [7, 11) is 0. The van der Waals surface area contributed by atoms with Crippen molar-refractivity contribution in [2.75, 3.05) is 0 Å². The Morgan fingerprint density at radius 3 is 2.62 bits per heavy atom. The molecular formula is C6H8O2. The molecule has 8 heavy (non-hydrogen) atoms. The highest BCUT2D eigenvalue weighted by atomic mass is 16.3. The van der Waals surface area contributed by atoms with E-state index in [2.05, 4.69) is 0 Å². The minimum Gasteiger partial charge on any atom is -0.373 e. The molecule has 1 N–H and O–H groups in total. The van der Waals surface area contributed by atoms with Gasteiger partial charge in [0.15, 0.2) is 11.9 Å². The Labute approximate surface area is 48.5 Å². The van der Waals surface area contributed by atoms with Crippen molar-refractivity contribution in [2.45, 2.75) is 19.4 Å². The lowest BCUT2D eigenvalue weighted by atomic mass is 10.2. The third kappa shape index (κ3) is 1.76. The highest BCUT2D eigenvalue weighted by Gasteiger charge is 2.06. The fourth-order valence-corrected chi connectivity index (χ4v) is 0.286. The summed E-state index contributed by atoms with van der Waals surface area (Å²) in [6.45, 7) is 1.66. The molecular weight excluding hydrogens is 104 g/mol. The maximum atomic E-state index is 10.4. The van der Waals surface area contributed by atoms with Gasteiger partial charge in [0.2, 0.25) is 0 Å². The average molecular weight is 112 g/mol. The molecule has 1 atom stereocenters. The fraction of sp³-hybridized carbons (Fsp3) is 0.500. The molecule has 1 unspecified atom stereocenters. The molecule has 0 aliphatic carbocycles. The molecule has 0 rings (SSSR count). The second kappa shape index (κ2) is 3.23. The highest BCUT2D eigenvalue weighted by Crippen LogP contribution is 1.86. The topological polar surface area (TPSA) is 37.3 Å². The van der Waals surface area contributed by atoms with Crippen LogP contribution in [0.5, 0.6) is 0 Å². The standard InChI is InChI=1S/C6H8O2/c1-3-5(7)6(8)4-2/h1,5,7H,4H2,2H3. The largest absolute Gasteiger partial charge is 0.373 e. The van der Waals surface area contributed by atoms with Crippen molar-refractivity contribution in [1.29, 1.82) is 0 Å². The Kier molecular flexibility index (Phi) is 2.90. The van der Waals surface area contributed by atoms with E-state index in [0.29, 0.717) is 6.42 Å².